The maximum atomic E-state index is 4.67. The van der Waals surface area contributed by atoms with E-state index in [1.54, 1.807) is 0 Å². The molecule has 2 rings (SSSR count). The van der Waals surface area contributed by atoms with Crippen LogP contribution in [0.2, 0.25) is 0 Å². The number of hydrogen-bond acceptors (Lipinski definition) is 2. The van der Waals surface area contributed by atoms with Crippen molar-refractivity contribution in [2.45, 2.75) is 46.6 Å². The molecule has 108 valence electrons. The Labute approximate surface area is 122 Å². The molecule has 0 aliphatic rings. The van der Waals surface area contributed by atoms with Gasteiger partial charge < -0.3 is 5.32 Å². The molecular weight excluding hydrogens is 246 g/mol. The van der Waals surface area contributed by atoms with E-state index in [1.165, 1.54) is 16.8 Å². The Morgan fingerprint density at radius 1 is 1.10 bits per heavy atom. The van der Waals surface area contributed by atoms with Crippen molar-refractivity contribution in [1.82, 2.24) is 15.1 Å². The number of aromatic nitrogens is 2. The van der Waals surface area contributed by atoms with Crippen molar-refractivity contribution in [1.29, 1.82) is 0 Å². The Kier molecular flexibility index (Phi) is 4.00. The van der Waals surface area contributed by atoms with Crippen molar-refractivity contribution in [3.63, 3.8) is 0 Å². The summed E-state index contributed by atoms with van der Waals surface area (Å²) in [5.41, 5.74) is 6.24. The van der Waals surface area contributed by atoms with E-state index in [9.17, 15) is 0 Å². The van der Waals surface area contributed by atoms with E-state index in [2.05, 4.69) is 69.3 Å². The average molecular weight is 271 g/mol. The quantitative estimate of drug-likeness (QED) is 0.926. The zero-order chi connectivity index (χ0) is 14.9. The first-order valence-corrected chi connectivity index (χ1v) is 7.15. The van der Waals surface area contributed by atoms with Crippen molar-refractivity contribution >= 4 is 0 Å². The first-order valence-electron chi connectivity index (χ1n) is 7.15. The summed E-state index contributed by atoms with van der Waals surface area (Å²) in [6, 6.07) is 8.71. The molecule has 0 aliphatic heterocycles. The summed E-state index contributed by atoms with van der Waals surface area (Å²) in [7, 11) is 1.97. The second kappa shape index (κ2) is 5.41. The highest BCUT2D eigenvalue weighted by atomic mass is 15.3. The summed E-state index contributed by atoms with van der Waals surface area (Å²) in [4.78, 5) is 0. The van der Waals surface area contributed by atoms with E-state index in [-0.39, 0.29) is 5.41 Å². The fourth-order valence-corrected chi connectivity index (χ4v) is 2.46. The van der Waals surface area contributed by atoms with E-state index in [4.69, 9.17) is 0 Å². The fraction of sp³-hybridized carbons (Fsp3) is 0.471. The molecule has 3 heteroatoms. The summed E-state index contributed by atoms with van der Waals surface area (Å²) < 4.78 is 2.04. The molecule has 2 aromatic rings. The minimum Gasteiger partial charge on any atom is -0.316 e. The van der Waals surface area contributed by atoms with Crippen molar-refractivity contribution in [2.24, 2.45) is 0 Å². The van der Waals surface area contributed by atoms with Crippen LogP contribution in [0.4, 0.5) is 0 Å². The van der Waals surface area contributed by atoms with Crippen molar-refractivity contribution in [3.05, 3.63) is 46.8 Å². The SMILES string of the molecule is CNCc1c(C)nn(-c2ccc(C(C)(C)C)cc2)c1C. The first kappa shape index (κ1) is 14.8. The molecule has 0 aliphatic carbocycles. The molecule has 0 bridgehead atoms. The highest BCUT2D eigenvalue weighted by molar-refractivity contribution is 5.40. The third-order valence-corrected chi connectivity index (χ3v) is 3.77. The van der Waals surface area contributed by atoms with Crippen LogP contribution in [0.5, 0.6) is 0 Å². The van der Waals surface area contributed by atoms with Crippen LogP contribution in [-0.4, -0.2) is 16.8 Å². The van der Waals surface area contributed by atoms with Gasteiger partial charge in [-0.1, -0.05) is 32.9 Å². The second-order valence-electron chi connectivity index (χ2n) is 6.39. The molecule has 0 spiro atoms. The molecule has 0 radical (unpaired) electrons. The monoisotopic (exact) mass is 271 g/mol. The molecule has 0 saturated carbocycles. The Hall–Kier alpha value is -1.61. The van der Waals surface area contributed by atoms with Gasteiger partial charge in [0.2, 0.25) is 0 Å². The molecule has 1 N–H and O–H groups in total. The molecule has 1 aromatic heterocycles. The van der Waals surface area contributed by atoms with Gasteiger partial charge in [-0.25, -0.2) is 4.68 Å². The van der Waals surface area contributed by atoms with Gasteiger partial charge in [-0.3, -0.25) is 0 Å². The topological polar surface area (TPSA) is 29.9 Å². The van der Waals surface area contributed by atoms with Crippen LogP contribution in [-0.2, 0) is 12.0 Å². The zero-order valence-corrected chi connectivity index (χ0v) is 13.4. The Morgan fingerprint density at radius 3 is 2.20 bits per heavy atom. The van der Waals surface area contributed by atoms with Crippen LogP contribution in [0, 0.1) is 13.8 Å². The number of aryl methyl sites for hydroxylation is 1. The van der Waals surface area contributed by atoms with Crippen molar-refractivity contribution in [2.75, 3.05) is 7.05 Å². The zero-order valence-electron chi connectivity index (χ0n) is 13.4. The molecule has 0 saturated heterocycles. The number of nitrogens with one attached hydrogen (secondary N) is 1. The number of nitrogens with zero attached hydrogens (tertiary/aromatic N) is 2. The molecule has 20 heavy (non-hydrogen) atoms. The van der Waals surface area contributed by atoms with Gasteiger partial charge in [0.25, 0.3) is 0 Å². The number of hydrogen-bond donors (Lipinski definition) is 1. The maximum absolute atomic E-state index is 4.67. The molecule has 3 nitrogen and oxygen atoms in total. The largest absolute Gasteiger partial charge is 0.316 e. The molecule has 0 amide bonds. The summed E-state index contributed by atoms with van der Waals surface area (Å²) in [5.74, 6) is 0. The van der Waals surface area contributed by atoms with Gasteiger partial charge in [-0.15, -0.1) is 0 Å². The van der Waals surface area contributed by atoms with E-state index >= 15 is 0 Å². The Morgan fingerprint density at radius 2 is 1.70 bits per heavy atom. The van der Waals surface area contributed by atoms with E-state index in [0.29, 0.717) is 0 Å². The van der Waals surface area contributed by atoms with Crippen LogP contribution in [0.3, 0.4) is 0 Å². The van der Waals surface area contributed by atoms with Gasteiger partial charge in [0.1, 0.15) is 0 Å². The molecular formula is C17H25N3. The number of benzene rings is 1. The summed E-state index contributed by atoms with van der Waals surface area (Å²) in [6.45, 7) is 11.8. The standard InChI is InChI=1S/C17H25N3/c1-12-16(11-18-6)13(2)20(19-12)15-9-7-14(8-10-15)17(3,4)5/h7-10,18H,11H2,1-6H3. The third-order valence-electron chi connectivity index (χ3n) is 3.77. The van der Waals surface area contributed by atoms with Gasteiger partial charge in [0, 0.05) is 17.8 Å². The van der Waals surface area contributed by atoms with Crippen molar-refractivity contribution in [3.8, 4) is 5.69 Å². The van der Waals surface area contributed by atoms with Gasteiger partial charge >= 0.3 is 0 Å². The molecule has 0 atom stereocenters. The van der Waals surface area contributed by atoms with Crippen LogP contribution >= 0.6 is 0 Å². The van der Waals surface area contributed by atoms with Crippen LogP contribution in [0.25, 0.3) is 5.69 Å². The lowest BCUT2D eigenvalue weighted by atomic mass is 9.87. The molecule has 1 heterocycles. The van der Waals surface area contributed by atoms with E-state index in [1.807, 2.05) is 11.7 Å². The Bertz CT molecular complexity index is 586. The van der Waals surface area contributed by atoms with Crippen LogP contribution < -0.4 is 5.32 Å². The fourth-order valence-electron chi connectivity index (χ4n) is 2.46. The van der Waals surface area contributed by atoms with Crippen LogP contribution in [0.1, 0.15) is 43.3 Å². The lowest BCUT2D eigenvalue weighted by molar-refractivity contribution is 0.590. The van der Waals surface area contributed by atoms with Gasteiger partial charge in [-0.2, -0.15) is 5.10 Å². The second-order valence-corrected chi connectivity index (χ2v) is 6.39. The summed E-state index contributed by atoms with van der Waals surface area (Å²) in [6.07, 6.45) is 0. The highest BCUT2D eigenvalue weighted by Gasteiger charge is 2.15. The smallest absolute Gasteiger partial charge is 0.0649 e. The van der Waals surface area contributed by atoms with E-state index < -0.39 is 0 Å². The molecule has 0 fully saturated rings. The van der Waals surface area contributed by atoms with Gasteiger partial charge in [0.15, 0.2) is 0 Å². The maximum Gasteiger partial charge on any atom is 0.0649 e. The summed E-state index contributed by atoms with van der Waals surface area (Å²) in [5, 5.41) is 7.87. The first-order chi connectivity index (χ1) is 9.34. The normalized spacial score (nSPS) is 11.9. The summed E-state index contributed by atoms with van der Waals surface area (Å²) >= 11 is 0. The van der Waals surface area contributed by atoms with Crippen molar-refractivity contribution < 1.29 is 0 Å². The minimum atomic E-state index is 0.185. The lowest BCUT2D eigenvalue weighted by Gasteiger charge is -2.19. The van der Waals surface area contributed by atoms with E-state index in [0.717, 1.165) is 17.9 Å². The minimum absolute atomic E-state index is 0.185. The lowest BCUT2D eigenvalue weighted by Crippen LogP contribution is -2.11. The predicted molar refractivity (Wildman–Crippen MR) is 84.5 cm³/mol. The van der Waals surface area contributed by atoms with Gasteiger partial charge in [-0.05, 0) is 44.0 Å². The Balaban J connectivity index is 2.40. The predicted octanol–water partition coefficient (Wildman–Crippen LogP) is 3.51. The highest BCUT2D eigenvalue weighted by Crippen LogP contribution is 2.24. The average Bonchev–Trinajstić information content (AvgIpc) is 2.66. The van der Waals surface area contributed by atoms with Crippen LogP contribution in [0.15, 0.2) is 24.3 Å². The number of rotatable bonds is 3. The molecule has 0 unspecified atom stereocenters. The van der Waals surface area contributed by atoms with Gasteiger partial charge in [0.05, 0.1) is 11.4 Å². The molecule has 1 aromatic carbocycles. The third kappa shape index (κ3) is 2.78.